The molecule has 1 aromatic carbocycles. The molecule has 0 fully saturated rings. The van der Waals surface area contributed by atoms with Crippen molar-refractivity contribution in [3.05, 3.63) is 29.8 Å². The zero-order chi connectivity index (χ0) is 14.1. The second-order valence-electron chi connectivity index (χ2n) is 4.96. The molecule has 1 rings (SSSR count). The van der Waals surface area contributed by atoms with Crippen molar-refractivity contribution in [1.29, 1.82) is 5.26 Å². The Kier molecular flexibility index (Phi) is 6.99. The lowest BCUT2D eigenvalue weighted by Crippen LogP contribution is -2.35. The molecule has 1 aromatic rings. The molecule has 0 saturated carbocycles. The summed E-state index contributed by atoms with van der Waals surface area (Å²) < 4.78 is 5.74. The van der Waals surface area contributed by atoms with Gasteiger partial charge in [-0.1, -0.05) is 19.1 Å². The highest BCUT2D eigenvalue weighted by Crippen LogP contribution is 2.12. The van der Waals surface area contributed by atoms with Crippen LogP contribution in [0, 0.1) is 11.3 Å². The van der Waals surface area contributed by atoms with Crippen LogP contribution in [0.25, 0.3) is 0 Å². The Morgan fingerprint density at radius 3 is 2.42 bits per heavy atom. The van der Waals surface area contributed by atoms with Crippen molar-refractivity contribution in [2.45, 2.75) is 39.7 Å². The second-order valence-corrected chi connectivity index (χ2v) is 4.96. The van der Waals surface area contributed by atoms with Crippen LogP contribution in [-0.2, 0) is 6.42 Å². The summed E-state index contributed by atoms with van der Waals surface area (Å²) in [5, 5.41) is 8.61. The molecule has 3 nitrogen and oxygen atoms in total. The fourth-order valence-corrected chi connectivity index (χ4v) is 1.99. The van der Waals surface area contributed by atoms with E-state index >= 15 is 0 Å². The molecule has 0 saturated heterocycles. The molecule has 0 spiro atoms. The SMILES string of the molecule is CCCN(CCOc1ccc(CC#N)cc1)C(C)C. The molecular weight excluding hydrogens is 236 g/mol. The predicted molar refractivity (Wildman–Crippen MR) is 78.3 cm³/mol. The van der Waals surface area contributed by atoms with E-state index in [0.29, 0.717) is 19.1 Å². The monoisotopic (exact) mass is 260 g/mol. The van der Waals surface area contributed by atoms with Gasteiger partial charge in [0.05, 0.1) is 12.5 Å². The van der Waals surface area contributed by atoms with E-state index in [4.69, 9.17) is 10.00 Å². The fraction of sp³-hybridized carbons (Fsp3) is 0.562. The summed E-state index contributed by atoms with van der Waals surface area (Å²) in [4.78, 5) is 2.42. The molecule has 0 heterocycles. The van der Waals surface area contributed by atoms with Crippen molar-refractivity contribution < 1.29 is 4.74 Å². The lowest BCUT2D eigenvalue weighted by atomic mass is 10.2. The summed E-state index contributed by atoms with van der Waals surface area (Å²) in [5.41, 5.74) is 1.03. The van der Waals surface area contributed by atoms with Crippen LogP contribution in [-0.4, -0.2) is 30.6 Å². The van der Waals surface area contributed by atoms with Gasteiger partial charge < -0.3 is 4.74 Å². The Bertz CT molecular complexity index is 392. The highest BCUT2D eigenvalue weighted by molar-refractivity contribution is 5.28. The second kappa shape index (κ2) is 8.55. The quantitative estimate of drug-likeness (QED) is 0.720. The number of hydrogen-bond acceptors (Lipinski definition) is 3. The first-order valence-electron chi connectivity index (χ1n) is 7.00. The van der Waals surface area contributed by atoms with Gasteiger partial charge in [-0.15, -0.1) is 0 Å². The van der Waals surface area contributed by atoms with Gasteiger partial charge in [-0.25, -0.2) is 0 Å². The van der Waals surface area contributed by atoms with Crippen molar-refractivity contribution in [2.75, 3.05) is 19.7 Å². The summed E-state index contributed by atoms with van der Waals surface area (Å²) in [7, 11) is 0. The molecular formula is C16H24N2O. The first-order valence-corrected chi connectivity index (χ1v) is 7.00. The van der Waals surface area contributed by atoms with Crippen LogP contribution >= 0.6 is 0 Å². The van der Waals surface area contributed by atoms with Crippen LogP contribution in [0.15, 0.2) is 24.3 Å². The first-order chi connectivity index (χ1) is 9.17. The molecule has 0 amide bonds. The summed E-state index contributed by atoms with van der Waals surface area (Å²) >= 11 is 0. The van der Waals surface area contributed by atoms with Crippen LogP contribution in [0.4, 0.5) is 0 Å². The molecule has 0 unspecified atom stereocenters. The third-order valence-electron chi connectivity index (χ3n) is 3.09. The van der Waals surface area contributed by atoms with Crippen molar-refractivity contribution in [3.8, 4) is 11.8 Å². The minimum Gasteiger partial charge on any atom is -0.492 e. The summed E-state index contributed by atoms with van der Waals surface area (Å²) in [6.07, 6.45) is 1.62. The highest BCUT2D eigenvalue weighted by Gasteiger charge is 2.07. The van der Waals surface area contributed by atoms with E-state index in [1.54, 1.807) is 0 Å². The van der Waals surface area contributed by atoms with Crippen LogP contribution in [0.3, 0.4) is 0 Å². The third-order valence-corrected chi connectivity index (χ3v) is 3.09. The zero-order valence-electron chi connectivity index (χ0n) is 12.2. The molecule has 3 heteroatoms. The average Bonchev–Trinajstić information content (AvgIpc) is 2.40. The maximum absolute atomic E-state index is 8.61. The van der Waals surface area contributed by atoms with Gasteiger partial charge in [-0.2, -0.15) is 5.26 Å². The molecule has 0 N–H and O–H groups in total. The average molecular weight is 260 g/mol. The number of nitriles is 1. The summed E-state index contributed by atoms with van der Waals surface area (Å²) in [6.45, 7) is 9.40. The smallest absolute Gasteiger partial charge is 0.119 e. The van der Waals surface area contributed by atoms with Gasteiger partial charge in [0.2, 0.25) is 0 Å². The molecule has 0 aliphatic carbocycles. The van der Waals surface area contributed by atoms with Gasteiger partial charge in [0.15, 0.2) is 0 Å². The Morgan fingerprint density at radius 1 is 1.21 bits per heavy atom. The van der Waals surface area contributed by atoms with Crippen LogP contribution in [0.1, 0.15) is 32.8 Å². The molecule has 19 heavy (non-hydrogen) atoms. The van der Waals surface area contributed by atoms with E-state index in [0.717, 1.165) is 24.4 Å². The highest BCUT2D eigenvalue weighted by atomic mass is 16.5. The molecule has 0 radical (unpaired) electrons. The van der Waals surface area contributed by atoms with E-state index in [1.807, 2.05) is 24.3 Å². The molecule has 0 aliphatic rings. The van der Waals surface area contributed by atoms with Gasteiger partial charge >= 0.3 is 0 Å². The first kappa shape index (κ1) is 15.5. The van der Waals surface area contributed by atoms with Crippen molar-refractivity contribution in [3.63, 3.8) is 0 Å². The van der Waals surface area contributed by atoms with Crippen molar-refractivity contribution >= 4 is 0 Å². The number of hydrogen-bond donors (Lipinski definition) is 0. The predicted octanol–water partition coefficient (Wildman–Crippen LogP) is 3.25. The van der Waals surface area contributed by atoms with E-state index in [9.17, 15) is 0 Å². The van der Waals surface area contributed by atoms with Gasteiger partial charge in [0.25, 0.3) is 0 Å². The number of rotatable bonds is 8. The molecule has 104 valence electrons. The molecule has 0 bridgehead atoms. The van der Waals surface area contributed by atoms with Gasteiger partial charge in [-0.05, 0) is 44.5 Å². The van der Waals surface area contributed by atoms with E-state index < -0.39 is 0 Å². The Morgan fingerprint density at radius 2 is 1.89 bits per heavy atom. The Balaban J connectivity index is 2.37. The maximum atomic E-state index is 8.61. The lowest BCUT2D eigenvalue weighted by molar-refractivity contribution is 0.176. The molecule has 0 aliphatic heterocycles. The Hall–Kier alpha value is -1.53. The van der Waals surface area contributed by atoms with Crippen LogP contribution in [0.5, 0.6) is 5.75 Å². The van der Waals surface area contributed by atoms with E-state index in [1.165, 1.54) is 6.42 Å². The number of nitrogens with zero attached hydrogens (tertiary/aromatic N) is 2. The largest absolute Gasteiger partial charge is 0.492 e. The minimum absolute atomic E-state index is 0.456. The van der Waals surface area contributed by atoms with Crippen molar-refractivity contribution in [2.24, 2.45) is 0 Å². The number of ether oxygens (including phenoxy) is 1. The van der Waals surface area contributed by atoms with Crippen molar-refractivity contribution in [1.82, 2.24) is 4.90 Å². The Labute approximate surface area is 116 Å². The third kappa shape index (κ3) is 5.76. The minimum atomic E-state index is 0.456. The normalized spacial score (nSPS) is 10.7. The van der Waals surface area contributed by atoms with Gasteiger partial charge in [0.1, 0.15) is 12.4 Å². The van der Waals surface area contributed by atoms with E-state index in [2.05, 4.69) is 31.7 Å². The fourth-order valence-electron chi connectivity index (χ4n) is 1.99. The number of benzene rings is 1. The zero-order valence-corrected chi connectivity index (χ0v) is 12.2. The van der Waals surface area contributed by atoms with Gasteiger partial charge in [0, 0.05) is 12.6 Å². The van der Waals surface area contributed by atoms with Crippen LogP contribution in [0.2, 0.25) is 0 Å². The summed E-state index contributed by atoms with van der Waals surface area (Å²) in [6, 6.07) is 10.5. The molecule has 0 aromatic heterocycles. The van der Waals surface area contributed by atoms with Gasteiger partial charge in [-0.3, -0.25) is 4.90 Å². The molecule has 0 atom stereocenters. The maximum Gasteiger partial charge on any atom is 0.119 e. The lowest BCUT2D eigenvalue weighted by Gasteiger charge is -2.25. The topological polar surface area (TPSA) is 36.3 Å². The van der Waals surface area contributed by atoms with E-state index in [-0.39, 0.29) is 0 Å². The standard InChI is InChI=1S/C16H24N2O/c1-4-11-18(14(2)3)12-13-19-16-7-5-15(6-8-16)9-10-17/h5-8,14H,4,9,11-13H2,1-3H3. The summed E-state index contributed by atoms with van der Waals surface area (Å²) in [5.74, 6) is 0.877. The van der Waals surface area contributed by atoms with Crippen LogP contribution < -0.4 is 4.74 Å².